The molecule has 0 saturated carbocycles. The molecular formula is C11H18N6O. The first-order valence-corrected chi connectivity index (χ1v) is 5.97. The Morgan fingerprint density at radius 2 is 2.22 bits per heavy atom. The average molecular weight is 250 g/mol. The van der Waals surface area contributed by atoms with Crippen molar-refractivity contribution in [1.29, 1.82) is 0 Å². The van der Waals surface area contributed by atoms with Gasteiger partial charge in [0.15, 0.2) is 0 Å². The molecule has 0 aromatic carbocycles. The van der Waals surface area contributed by atoms with Crippen LogP contribution < -0.4 is 5.84 Å². The minimum absolute atomic E-state index is 0.110. The van der Waals surface area contributed by atoms with E-state index in [0.717, 1.165) is 13.1 Å². The van der Waals surface area contributed by atoms with Gasteiger partial charge in [0.25, 0.3) is 5.91 Å². The summed E-state index contributed by atoms with van der Waals surface area (Å²) in [5.41, 5.74) is 0. The van der Waals surface area contributed by atoms with Gasteiger partial charge in [0.2, 0.25) is 5.82 Å². The Morgan fingerprint density at radius 3 is 2.78 bits per heavy atom. The molecule has 2 N–H and O–H groups in total. The van der Waals surface area contributed by atoms with Gasteiger partial charge in [0, 0.05) is 38.6 Å². The number of nitrogen functional groups attached to an aromatic ring is 1. The number of piperazine rings is 1. The van der Waals surface area contributed by atoms with Crippen molar-refractivity contribution >= 4 is 12.1 Å². The second-order valence-electron chi connectivity index (χ2n) is 4.15. The van der Waals surface area contributed by atoms with E-state index in [2.05, 4.69) is 14.9 Å². The molecule has 2 rings (SSSR count). The quantitative estimate of drug-likeness (QED) is 0.574. The minimum atomic E-state index is -0.110. The Kier molecular flexibility index (Phi) is 3.93. The topological polar surface area (TPSA) is 79.8 Å². The van der Waals surface area contributed by atoms with Gasteiger partial charge in [0.05, 0.1) is 6.67 Å². The first-order chi connectivity index (χ1) is 8.72. The fourth-order valence-corrected chi connectivity index (χ4v) is 1.91. The molecule has 0 bridgehead atoms. The number of aliphatic imine (C=N–C) groups is 1. The number of aromatic nitrogens is 2. The molecule has 0 atom stereocenters. The van der Waals surface area contributed by atoms with Crippen LogP contribution in [0.3, 0.4) is 0 Å². The van der Waals surface area contributed by atoms with E-state index in [-0.39, 0.29) is 11.7 Å². The zero-order valence-corrected chi connectivity index (χ0v) is 10.5. The van der Waals surface area contributed by atoms with Gasteiger partial charge in [-0.2, -0.15) is 0 Å². The molecule has 7 nitrogen and oxygen atoms in total. The van der Waals surface area contributed by atoms with Crippen LogP contribution in [0.2, 0.25) is 0 Å². The van der Waals surface area contributed by atoms with Crippen molar-refractivity contribution in [2.45, 2.75) is 6.92 Å². The zero-order valence-electron chi connectivity index (χ0n) is 10.5. The SMILES string of the molecule is C/C=N\CN1CCN(C(=O)c2nccn2N)CC1. The van der Waals surface area contributed by atoms with Gasteiger partial charge in [-0.05, 0) is 13.1 Å². The van der Waals surface area contributed by atoms with Crippen LogP contribution in [0.1, 0.15) is 17.5 Å². The van der Waals surface area contributed by atoms with E-state index < -0.39 is 0 Å². The van der Waals surface area contributed by atoms with Crippen LogP contribution in [0.5, 0.6) is 0 Å². The lowest BCUT2D eigenvalue weighted by atomic mass is 10.3. The summed E-state index contributed by atoms with van der Waals surface area (Å²) in [6.07, 6.45) is 4.89. The van der Waals surface area contributed by atoms with Gasteiger partial charge in [-0.15, -0.1) is 0 Å². The van der Waals surface area contributed by atoms with Gasteiger partial charge in [-0.1, -0.05) is 0 Å². The number of hydrogen-bond acceptors (Lipinski definition) is 5. The normalized spacial score (nSPS) is 17.5. The van der Waals surface area contributed by atoms with Crippen molar-refractivity contribution in [1.82, 2.24) is 19.5 Å². The number of nitrogens with two attached hydrogens (primary N) is 1. The predicted molar refractivity (Wildman–Crippen MR) is 68.9 cm³/mol. The average Bonchev–Trinajstić information content (AvgIpc) is 2.82. The third kappa shape index (κ3) is 2.67. The van der Waals surface area contributed by atoms with Crippen molar-refractivity contribution in [3.63, 3.8) is 0 Å². The highest BCUT2D eigenvalue weighted by Gasteiger charge is 2.24. The van der Waals surface area contributed by atoms with Gasteiger partial charge in [-0.3, -0.25) is 14.7 Å². The predicted octanol–water partition coefficient (Wildman–Crippen LogP) is -0.597. The van der Waals surface area contributed by atoms with E-state index in [1.165, 1.54) is 10.9 Å². The van der Waals surface area contributed by atoms with E-state index in [4.69, 9.17) is 5.84 Å². The highest BCUT2D eigenvalue weighted by molar-refractivity contribution is 5.90. The summed E-state index contributed by atoms with van der Waals surface area (Å²) in [5.74, 6) is 5.80. The third-order valence-corrected chi connectivity index (χ3v) is 2.98. The van der Waals surface area contributed by atoms with Crippen LogP contribution in [0.4, 0.5) is 0 Å². The zero-order chi connectivity index (χ0) is 13.0. The summed E-state index contributed by atoms with van der Waals surface area (Å²) in [6.45, 7) is 5.63. The molecular weight excluding hydrogens is 232 g/mol. The number of imidazole rings is 1. The molecule has 0 radical (unpaired) electrons. The van der Waals surface area contributed by atoms with Crippen molar-refractivity contribution < 1.29 is 4.79 Å². The molecule has 1 aliphatic heterocycles. The summed E-state index contributed by atoms with van der Waals surface area (Å²) in [6, 6.07) is 0. The van der Waals surface area contributed by atoms with Crippen LogP contribution in [0.15, 0.2) is 17.4 Å². The standard InChI is InChI=1S/C11H18N6O/c1-2-13-9-15-5-7-16(8-6-15)11(18)10-14-3-4-17(10)12/h2-4H,5-9,12H2,1H3/b13-2-. The van der Waals surface area contributed by atoms with Crippen LogP contribution in [-0.2, 0) is 0 Å². The Labute approximate surface area is 106 Å². The van der Waals surface area contributed by atoms with Gasteiger partial charge in [0.1, 0.15) is 0 Å². The molecule has 0 unspecified atom stereocenters. The second kappa shape index (κ2) is 5.63. The molecule has 18 heavy (non-hydrogen) atoms. The van der Waals surface area contributed by atoms with Crippen LogP contribution in [0, 0.1) is 0 Å². The molecule has 1 saturated heterocycles. The fraction of sp³-hybridized carbons (Fsp3) is 0.545. The molecule has 98 valence electrons. The first-order valence-electron chi connectivity index (χ1n) is 5.97. The van der Waals surface area contributed by atoms with E-state index in [0.29, 0.717) is 19.8 Å². The monoisotopic (exact) mass is 250 g/mol. The van der Waals surface area contributed by atoms with Crippen molar-refractivity contribution in [2.75, 3.05) is 38.7 Å². The number of carbonyl (C=O) groups is 1. The van der Waals surface area contributed by atoms with E-state index in [1.807, 2.05) is 6.92 Å². The number of carbonyl (C=O) groups excluding carboxylic acids is 1. The molecule has 1 fully saturated rings. The van der Waals surface area contributed by atoms with E-state index >= 15 is 0 Å². The summed E-state index contributed by atoms with van der Waals surface area (Å²) >= 11 is 0. The summed E-state index contributed by atoms with van der Waals surface area (Å²) in [7, 11) is 0. The van der Waals surface area contributed by atoms with Crippen molar-refractivity contribution in [3.05, 3.63) is 18.2 Å². The Bertz CT molecular complexity index is 432. The van der Waals surface area contributed by atoms with E-state index in [1.54, 1.807) is 17.3 Å². The summed E-state index contributed by atoms with van der Waals surface area (Å²) < 4.78 is 1.26. The van der Waals surface area contributed by atoms with Gasteiger partial charge in [-0.25, -0.2) is 9.66 Å². The number of nitrogens with zero attached hydrogens (tertiary/aromatic N) is 5. The lowest BCUT2D eigenvalue weighted by molar-refractivity contribution is 0.0626. The number of hydrogen-bond donors (Lipinski definition) is 1. The maximum atomic E-state index is 12.1. The lowest BCUT2D eigenvalue weighted by Gasteiger charge is -2.33. The molecule has 7 heteroatoms. The summed E-state index contributed by atoms with van der Waals surface area (Å²) in [5, 5.41) is 0. The number of amides is 1. The second-order valence-corrected chi connectivity index (χ2v) is 4.15. The maximum absolute atomic E-state index is 12.1. The Morgan fingerprint density at radius 1 is 1.50 bits per heavy atom. The van der Waals surface area contributed by atoms with Crippen LogP contribution in [-0.4, -0.2) is 64.4 Å². The smallest absolute Gasteiger partial charge is 0.291 e. The van der Waals surface area contributed by atoms with E-state index in [9.17, 15) is 4.79 Å². The highest BCUT2D eigenvalue weighted by atomic mass is 16.2. The largest absolute Gasteiger partial charge is 0.338 e. The summed E-state index contributed by atoms with van der Waals surface area (Å²) in [4.78, 5) is 24.3. The fourth-order valence-electron chi connectivity index (χ4n) is 1.91. The molecule has 0 aliphatic carbocycles. The molecule has 2 heterocycles. The molecule has 1 aromatic rings. The maximum Gasteiger partial charge on any atom is 0.291 e. The minimum Gasteiger partial charge on any atom is -0.338 e. The Hall–Kier alpha value is -1.89. The van der Waals surface area contributed by atoms with Crippen molar-refractivity contribution in [3.8, 4) is 0 Å². The highest BCUT2D eigenvalue weighted by Crippen LogP contribution is 2.06. The van der Waals surface area contributed by atoms with Gasteiger partial charge < -0.3 is 10.7 Å². The number of rotatable bonds is 3. The van der Waals surface area contributed by atoms with Gasteiger partial charge >= 0.3 is 0 Å². The third-order valence-electron chi connectivity index (χ3n) is 2.98. The van der Waals surface area contributed by atoms with Crippen LogP contribution in [0.25, 0.3) is 0 Å². The first kappa shape index (κ1) is 12.6. The van der Waals surface area contributed by atoms with Crippen molar-refractivity contribution in [2.24, 2.45) is 4.99 Å². The molecule has 1 amide bonds. The Balaban J connectivity index is 1.90. The molecule has 0 spiro atoms. The van der Waals surface area contributed by atoms with Crippen LogP contribution >= 0.6 is 0 Å². The lowest BCUT2D eigenvalue weighted by Crippen LogP contribution is -2.49. The molecule has 1 aliphatic rings. The molecule has 1 aromatic heterocycles.